The highest BCUT2D eigenvalue weighted by Crippen LogP contribution is 2.22. The summed E-state index contributed by atoms with van der Waals surface area (Å²) in [5.41, 5.74) is 0.913. The Kier molecular flexibility index (Phi) is 2.25. The fourth-order valence-corrected chi connectivity index (χ4v) is 2.24. The molecule has 0 saturated carbocycles. The van der Waals surface area contributed by atoms with Gasteiger partial charge >= 0.3 is 0 Å². The molecule has 5 heteroatoms. The van der Waals surface area contributed by atoms with Gasteiger partial charge in [0.2, 0.25) is 0 Å². The van der Waals surface area contributed by atoms with Crippen LogP contribution in [-0.4, -0.2) is 40.6 Å². The van der Waals surface area contributed by atoms with Crippen molar-refractivity contribution in [2.75, 3.05) is 24.5 Å². The molecule has 16 heavy (non-hydrogen) atoms. The molecule has 0 aromatic carbocycles. The molecule has 1 aliphatic heterocycles. The molecule has 5 nitrogen and oxygen atoms in total. The number of piperazine rings is 1. The van der Waals surface area contributed by atoms with Crippen molar-refractivity contribution < 1.29 is 0 Å². The number of aromatic amines is 1. The largest absolute Gasteiger partial charge is 0.353 e. The van der Waals surface area contributed by atoms with Gasteiger partial charge in [0.15, 0.2) is 0 Å². The molecule has 1 atom stereocenters. The summed E-state index contributed by atoms with van der Waals surface area (Å²) in [5, 5.41) is 4.54. The number of nitrogens with zero attached hydrogens (tertiary/aromatic N) is 3. The Balaban J connectivity index is 2.01. The first-order valence-electron chi connectivity index (χ1n) is 5.61. The van der Waals surface area contributed by atoms with Crippen LogP contribution in [0.5, 0.6) is 0 Å². The van der Waals surface area contributed by atoms with Crippen molar-refractivity contribution in [2.24, 2.45) is 0 Å². The maximum Gasteiger partial charge on any atom is 0.142 e. The molecular weight excluding hydrogens is 202 g/mol. The summed E-state index contributed by atoms with van der Waals surface area (Å²) in [6.45, 7) is 5.21. The smallest absolute Gasteiger partial charge is 0.142 e. The number of H-pyrrole nitrogens is 1. The van der Waals surface area contributed by atoms with Crippen LogP contribution in [0.25, 0.3) is 11.0 Å². The normalized spacial score (nSPS) is 21.6. The van der Waals surface area contributed by atoms with Crippen molar-refractivity contribution in [2.45, 2.75) is 13.0 Å². The van der Waals surface area contributed by atoms with Gasteiger partial charge in [-0.1, -0.05) is 0 Å². The number of hydrogen-bond acceptors (Lipinski definition) is 4. The van der Waals surface area contributed by atoms with E-state index in [0.29, 0.717) is 6.04 Å². The molecule has 84 valence electrons. The maximum absolute atomic E-state index is 4.40. The van der Waals surface area contributed by atoms with E-state index in [-0.39, 0.29) is 0 Å². The second kappa shape index (κ2) is 3.75. The zero-order valence-corrected chi connectivity index (χ0v) is 9.27. The van der Waals surface area contributed by atoms with Crippen LogP contribution in [0.1, 0.15) is 6.92 Å². The SMILES string of the molecule is CC1CN(c2ncnc3[nH]ccc23)CCN1. The van der Waals surface area contributed by atoms with Gasteiger partial charge in [0, 0.05) is 31.9 Å². The quantitative estimate of drug-likeness (QED) is 0.740. The van der Waals surface area contributed by atoms with Gasteiger partial charge in [0.1, 0.15) is 17.8 Å². The molecular formula is C11H15N5. The number of anilines is 1. The summed E-state index contributed by atoms with van der Waals surface area (Å²) in [6, 6.07) is 2.55. The van der Waals surface area contributed by atoms with Gasteiger partial charge < -0.3 is 15.2 Å². The first-order valence-corrected chi connectivity index (χ1v) is 5.61. The van der Waals surface area contributed by atoms with Crippen molar-refractivity contribution in [1.29, 1.82) is 0 Å². The Morgan fingerprint density at radius 1 is 1.44 bits per heavy atom. The van der Waals surface area contributed by atoms with Crippen molar-refractivity contribution in [3.63, 3.8) is 0 Å². The summed E-state index contributed by atoms with van der Waals surface area (Å²) in [6.07, 6.45) is 3.54. The van der Waals surface area contributed by atoms with Crippen LogP contribution in [0.3, 0.4) is 0 Å². The Hall–Kier alpha value is -1.62. The van der Waals surface area contributed by atoms with Gasteiger partial charge in [-0.25, -0.2) is 9.97 Å². The summed E-state index contributed by atoms with van der Waals surface area (Å²) in [7, 11) is 0. The molecule has 2 aromatic heterocycles. The molecule has 2 aromatic rings. The van der Waals surface area contributed by atoms with E-state index in [1.54, 1.807) is 6.33 Å². The highest BCUT2D eigenvalue weighted by atomic mass is 15.2. The number of fused-ring (bicyclic) bond motifs is 1. The molecule has 0 aliphatic carbocycles. The minimum atomic E-state index is 0.512. The summed E-state index contributed by atoms with van der Waals surface area (Å²) in [5.74, 6) is 1.04. The van der Waals surface area contributed by atoms with E-state index in [9.17, 15) is 0 Å². The Morgan fingerprint density at radius 2 is 2.38 bits per heavy atom. The van der Waals surface area contributed by atoms with Gasteiger partial charge in [-0.2, -0.15) is 0 Å². The zero-order valence-electron chi connectivity index (χ0n) is 9.27. The van der Waals surface area contributed by atoms with Crippen LogP contribution in [0.15, 0.2) is 18.6 Å². The van der Waals surface area contributed by atoms with E-state index in [2.05, 4.69) is 32.1 Å². The molecule has 0 bridgehead atoms. The molecule has 1 fully saturated rings. The predicted octanol–water partition coefficient (Wildman–Crippen LogP) is 0.756. The Labute approximate surface area is 93.9 Å². The van der Waals surface area contributed by atoms with Crippen molar-refractivity contribution >= 4 is 16.9 Å². The number of rotatable bonds is 1. The second-order valence-electron chi connectivity index (χ2n) is 4.24. The fourth-order valence-electron chi connectivity index (χ4n) is 2.24. The van der Waals surface area contributed by atoms with E-state index in [1.807, 2.05) is 12.3 Å². The summed E-state index contributed by atoms with van der Waals surface area (Å²) in [4.78, 5) is 14.0. The number of aromatic nitrogens is 3. The van der Waals surface area contributed by atoms with Crippen LogP contribution in [0.2, 0.25) is 0 Å². The van der Waals surface area contributed by atoms with Gasteiger partial charge in [-0.3, -0.25) is 0 Å². The Bertz CT molecular complexity index is 492. The number of nitrogens with one attached hydrogen (secondary N) is 2. The van der Waals surface area contributed by atoms with Gasteiger partial charge in [-0.15, -0.1) is 0 Å². The molecule has 0 spiro atoms. The predicted molar refractivity (Wildman–Crippen MR) is 63.6 cm³/mol. The third-order valence-corrected chi connectivity index (χ3v) is 3.00. The van der Waals surface area contributed by atoms with Gasteiger partial charge in [0.05, 0.1) is 5.39 Å². The minimum Gasteiger partial charge on any atom is -0.353 e. The van der Waals surface area contributed by atoms with E-state index in [0.717, 1.165) is 36.5 Å². The highest BCUT2D eigenvalue weighted by Gasteiger charge is 2.19. The van der Waals surface area contributed by atoms with Crippen LogP contribution >= 0.6 is 0 Å². The molecule has 0 amide bonds. The minimum absolute atomic E-state index is 0.512. The first kappa shape index (κ1) is 9.59. The van der Waals surface area contributed by atoms with E-state index >= 15 is 0 Å². The molecule has 3 rings (SSSR count). The standard InChI is InChI=1S/C11H15N5/c1-8-6-16(5-4-12-8)11-9-2-3-13-10(9)14-7-15-11/h2-3,7-8,12H,4-6H2,1H3,(H,13,14,15). The lowest BCUT2D eigenvalue weighted by atomic mass is 10.2. The maximum atomic E-state index is 4.40. The van der Waals surface area contributed by atoms with Gasteiger partial charge in [-0.05, 0) is 13.0 Å². The fraction of sp³-hybridized carbons (Fsp3) is 0.455. The van der Waals surface area contributed by atoms with E-state index in [4.69, 9.17) is 0 Å². The lowest BCUT2D eigenvalue weighted by Gasteiger charge is -2.32. The van der Waals surface area contributed by atoms with Crippen molar-refractivity contribution in [1.82, 2.24) is 20.3 Å². The van der Waals surface area contributed by atoms with Crippen LogP contribution < -0.4 is 10.2 Å². The second-order valence-corrected chi connectivity index (χ2v) is 4.24. The molecule has 2 N–H and O–H groups in total. The average molecular weight is 217 g/mol. The van der Waals surface area contributed by atoms with E-state index < -0.39 is 0 Å². The monoisotopic (exact) mass is 217 g/mol. The highest BCUT2D eigenvalue weighted by molar-refractivity contribution is 5.87. The van der Waals surface area contributed by atoms with Crippen LogP contribution in [-0.2, 0) is 0 Å². The molecule has 0 radical (unpaired) electrons. The Morgan fingerprint density at radius 3 is 3.25 bits per heavy atom. The van der Waals surface area contributed by atoms with E-state index in [1.165, 1.54) is 0 Å². The molecule has 1 aliphatic rings. The molecule has 1 saturated heterocycles. The third-order valence-electron chi connectivity index (χ3n) is 3.00. The van der Waals surface area contributed by atoms with Crippen LogP contribution in [0.4, 0.5) is 5.82 Å². The van der Waals surface area contributed by atoms with Gasteiger partial charge in [0.25, 0.3) is 0 Å². The van der Waals surface area contributed by atoms with Crippen molar-refractivity contribution in [3.8, 4) is 0 Å². The first-order chi connectivity index (χ1) is 7.84. The summed E-state index contributed by atoms with van der Waals surface area (Å²) >= 11 is 0. The van der Waals surface area contributed by atoms with Crippen molar-refractivity contribution in [3.05, 3.63) is 18.6 Å². The third kappa shape index (κ3) is 1.53. The lowest BCUT2D eigenvalue weighted by molar-refractivity contribution is 0.483. The topological polar surface area (TPSA) is 56.8 Å². The number of hydrogen-bond donors (Lipinski definition) is 2. The summed E-state index contributed by atoms with van der Waals surface area (Å²) < 4.78 is 0. The zero-order chi connectivity index (χ0) is 11.0. The molecule has 1 unspecified atom stereocenters. The van der Waals surface area contributed by atoms with Crippen LogP contribution in [0, 0.1) is 0 Å². The lowest BCUT2D eigenvalue weighted by Crippen LogP contribution is -2.49. The molecule has 3 heterocycles. The average Bonchev–Trinajstić information content (AvgIpc) is 2.76.